The summed E-state index contributed by atoms with van der Waals surface area (Å²) in [6.07, 6.45) is 2.28. The summed E-state index contributed by atoms with van der Waals surface area (Å²) in [5.41, 5.74) is 0. The molecule has 0 nitrogen and oxygen atoms in total. The van der Waals surface area contributed by atoms with Crippen LogP contribution in [0.4, 0.5) is 0 Å². The van der Waals surface area contributed by atoms with Gasteiger partial charge in [0.15, 0.2) is 0 Å². The van der Waals surface area contributed by atoms with Crippen molar-refractivity contribution in [1.29, 1.82) is 0 Å². The van der Waals surface area contributed by atoms with Gasteiger partial charge in [0.05, 0.1) is 0 Å². The molecule has 0 fully saturated rings. The van der Waals surface area contributed by atoms with Gasteiger partial charge in [-0.15, -0.1) is 0 Å². The van der Waals surface area contributed by atoms with Crippen molar-refractivity contribution in [2.75, 3.05) is 0 Å². The van der Waals surface area contributed by atoms with Crippen molar-refractivity contribution in [2.45, 2.75) is 19.8 Å². The molecular formula is C4H10CuLi. The Hall–Kier alpha value is 1.12. The summed E-state index contributed by atoms with van der Waals surface area (Å²) in [5.74, 6) is 0. The Morgan fingerprint density at radius 2 is 1.67 bits per heavy atom. The van der Waals surface area contributed by atoms with Crippen LogP contribution in [0.1, 0.15) is 19.8 Å². The summed E-state index contributed by atoms with van der Waals surface area (Å²) < 4.78 is 0. The second-order valence-corrected chi connectivity index (χ2v) is 0.854. The molecule has 0 aromatic heterocycles. The molecule has 0 rings (SSSR count). The molecule has 0 bridgehead atoms. The van der Waals surface area contributed by atoms with Crippen molar-refractivity contribution in [3.8, 4) is 0 Å². The van der Waals surface area contributed by atoms with E-state index in [2.05, 4.69) is 13.8 Å². The third-order valence-electron chi connectivity index (χ3n) is 0.354. The van der Waals surface area contributed by atoms with Crippen LogP contribution in [0.25, 0.3) is 0 Å². The van der Waals surface area contributed by atoms with Gasteiger partial charge < -0.3 is 6.92 Å². The molecule has 1 radical (unpaired) electrons. The van der Waals surface area contributed by atoms with Gasteiger partial charge >= 0.3 is 17.1 Å². The second-order valence-electron chi connectivity index (χ2n) is 0.854. The van der Waals surface area contributed by atoms with E-state index < -0.39 is 0 Å². The SMILES string of the molecule is [CH2-]CCC.[CuH+].[Li]. The van der Waals surface area contributed by atoms with E-state index in [9.17, 15) is 0 Å². The van der Waals surface area contributed by atoms with Gasteiger partial charge in [0.1, 0.15) is 0 Å². The fourth-order valence-corrected chi connectivity index (χ4v) is 0. The van der Waals surface area contributed by atoms with Gasteiger partial charge in [0.25, 0.3) is 0 Å². The topological polar surface area (TPSA) is 0 Å². The minimum Gasteiger partial charge on any atom is 0 e. The molecule has 2 heteroatoms. The number of hydrogen-bond acceptors (Lipinski definition) is 0. The maximum absolute atomic E-state index is 3.60. The second kappa shape index (κ2) is 16.5. The molecule has 0 aromatic rings. The first-order valence-electron chi connectivity index (χ1n) is 1.71. The quantitative estimate of drug-likeness (QED) is 0.365. The van der Waals surface area contributed by atoms with E-state index in [-0.39, 0.29) is 35.9 Å². The van der Waals surface area contributed by atoms with Crippen LogP contribution >= 0.6 is 0 Å². The standard InChI is InChI=1S/C4H9.Cu.Li.H/c1-3-4-2;;;/h1,3-4H2,2H3;;;/q-1;+1;;. The Balaban J connectivity index is -0.0000000450. The molecule has 0 aliphatic rings. The van der Waals surface area contributed by atoms with Crippen LogP contribution in [0.2, 0.25) is 0 Å². The van der Waals surface area contributed by atoms with Gasteiger partial charge in [-0.25, -0.2) is 0 Å². The van der Waals surface area contributed by atoms with Crippen molar-refractivity contribution in [1.82, 2.24) is 0 Å². The fraction of sp³-hybridized carbons (Fsp3) is 0.750. The van der Waals surface area contributed by atoms with Gasteiger partial charge in [0, 0.05) is 18.9 Å². The van der Waals surface area contributed by atoms with Crippen molar-refractivity contribution in [2.24, 2.45) is 0 Å². The van der Waals surface area contributed by atoms with E-state index in [1.165, 1.54) is 6.42 Å². The minimum atomic E-state index is 0. The Bertz CT molecular complexity index is 9.51. The molecule has 0 unspecified atom stereocenters. The normalized spacial score (nSPS) is 5.00. The first-order chi connectivity index (χ1) is 1.91. The smallest absolute Gasteiger partial charge is 0 e. The Morgan fingerprint density at radius 3 is 1.67 bits per heavy atom. The summed E-state index contributed by atoms with van der Waals surface area (Å²) >= 11 is 0. The molecule has 0 aliphatic carbocycles. The van der Waals surface area contributed by atoms with Crippen molar-refractivity contribution in [3.63, 3.8) is 0 Å². The predicted octanol–water partition coefficient (Wildman–Crippen LogP) is 0.970. The predicted molar refractivity (Wildman–Crippen MR) is 27.4 cm³/mol. The van der Waals surface area contributed by atoms with Gasteiger partial charge in [-0.2, -0.15) is 6.42 Å². The summed E-state index contributed by atoms with van der Waals surface area (Å²) in [6, 6.07) is 0. The third-order valence-corrected chi connectivity index (χ3v) is 0.354. The summed E-state index contributed by atoms with van der Waals surface area (Å²) in [6.45, 7) is 5.72. The molecule has 0 atom stereocenters. The Kier molecular flexibility index (Phi) is 43.2. The molecule has 6 heavy (non-hydrogen) atoms. The molecule has 0 saturated carbocycles. The molecule has 0 N–H and O–H groups in total. The molecule has 0 heterocycles. The maximum atomic E-state index is 3.60. The molecule has 0 spiro atoms. The van der Waals surface area contributed by atoms with E-state index >= 15 is 0 Å². The van der Waals surface area contributed by atoms with Crippen LogP contribution in [-0.2, 0) is 17.1 Å². The van der Waals surface area contributed by atoms with Crippen LogP contribution in [0.3, 0.4) is 0 Å². The van der Waals surface area contributed by atoms with Crippen molar-refractivity contribution >= 4 is 18.9 Å². The van der Waals surface area contributed by atoms with Crippen molar-refractivity contribution in [3.05, 3.63) is 6.92 Å². The van der Waals surface area contributed by atoms with Gasteiger partial charge in [-0.05, 0) is 0 Å². The van der Waals surface area contributed by atoms with E-state index in [4.69, 9.17) is 0 Å². The Morgan fingerprint density at radius 1 is 1.50 bits per heavy atom. The average Bonchev–Trinajstić information content (AvgIpc) is 1.37. The number of hydrogen-bond donors (Lipinski definition) is 0. The summed E-state index contributed by atoms with van der Waals surface area (Å²) in [5, 5.41) is 0. The zero-order chi connectivity index (χ0) is 3.41. The van der Waals surface area contributed by atoms with Gasteiger partial charge in [-0.1, -0.05) is 13.3 Å². The minimum absolute atomic E-state index is 0. The van der Waals surface area contributed by atoms with E-state index in [0.29, 0.717) is 0 Å². The van der Waals surface area contributed by atoms with E-state index in [1.54, 1.807) is 0 Å². The van der Waals surface area contributed by atoms with Gasteiger partial charge in [0.2, 0.25) is 0 Å². The molecule has 0 saturated heterocycles. The largest absolute Gasteiger partial charge is 0 e. The van der Waals surface area contributed by atoms with Crippen LogP contribution in [0.15, 0.2) is 0 Å². The van der Waals surface area contributed by atoms with E-state index in [1.807, 2.05) is 0 Å². The molecule has 38 valence electrons. The maximum Gasteiger partial charge on any atom is 0 e. The third kappa shape index (κ3) is 19.4. The fourth-order valence-electron chi connectivity index (χ4n) is 0. The monoisotopic (exact) mass is 128 g/mol. The summed E-state index contributed by atoms with van der Waals surface area (Å²) in [4.78, 5) is 0. The van der Waals surface area contributed by atoms with Crippen LogP contribution in [0, 0.1) is 6.92 Å². The first-order valence-corrected chi connectivity index (χ1v) is 1.71. The van der Waals surface area contributed by atoms with Crippen LogP contribution < -0.4 is 0 Å². The molecule has 0 aromatic carbocycles. The first kappa shape index (κ1) is 15.7. The zero-order valence-electron chi connectivity index (χ0n) is 4.44. The molecule has 0 aliphatic heterocycles. The van der Waals surface area contributed by atoms with Crippen molar-refractivity contribution < 1.29 is 17.1 Å². The molecular weight excluding hydrogens is 119 g/mol. The summed E-state index contributed by atoms with van der Waals surface area (Å²) in [7, 11) is 0. The Labute approximate surface area is 62.7 Å². The van der Waals surface area contributed by atoms with Crippen LogP contribution in [0.5, 0.6) is 0 Å². The number of rotatable bonds is 1. The zero-order valence-corrected chi connectivity index (χ0v) is 5.43. The van der Waals surface area contributed by atoms with E-state index in [0.717, 1.165) is 6.42 Å². The average molecular weight is 129 g/mol. The number of unbranched alkanes of at least 4 members (excludes halogenated alkanes) is 1. The molecule has 0 amide bonds. The van der Waals surface area contributed by atoms with Crippen LogP contribution in [-0.4, -0.2) is 18.9 Å². The van der Waals surface area contributed by atoms with Gasteiger partial charge in [-0.3, -0.25) is 0 Å².